The Balaban J connectivity index is 1.70. The highest BCUT2D eigenvalue weighted by Gasteiger charge is 2.57. The summed E-state index contributed by atoms with van der Waals surface area (Å²) in [5, 5.41) is 14.6. The SMILES string of the molecule is Cc1cnc(-n2nccc2C2CCN(C(=O)[C@@](C)(O)C(F)(F)F)CC2)s1. The molecule has 1 amide bonds. The van der Waals surface area contributed by atoms with E-state index < -0.39 is 17.7 Å². The monoisotopic (exact) mass is 388 g/mol. The fourth-order valence-corrected chi connectivity index (χ4v) is 3.77. The summed E-state index contributed by atoms with van der Waals surface area (Å²) >= 11 is 1.50. The number of halogens is 3. The predicted molar refractivity (Wildman–Crippen MR) is 89.2 cm³/mol. The van der Waals surface area contributed by atoms with E-state index in [-0.39, 0.29) is 19.0 Å². The standard InChI is InChI=1S/C16H19F3N4O2S/c1-10-9-20-14(26-10)23-12(3-6-21-23)11-4-7-22(8-5-11)13(24)15(2,25)16(17,18)19/h3,6,9,11,25H,4-5,7-8H2,1-2H3/t15-/m1/s1. The number of amides is 1. The summed E-state index contributed by atoms with van der Waals surface area (Å²) < 4.78 is 40.3. The lowest BCUT2D eigenvalue weighted by Crippen LogP contribution is -2.57. The fourth-order valence-electron chi connectivity index (χ4n) is 3.03. The van der Waals surface area contributed by atoms with E-state index in [2.05, 4.69) is 10.1 Å². The Morgan fingerprint density at radius 3 is 2.54 bits per heavy atom. The van der Waals surface area contributed by atoms with Crippen molar-refractivity contribution in [2.75, 3.05) is 13.1 Å². The Bertz CT molecular complexity index is 792. The average molecular weight is 388 g/mol. The molecule has 1 aliphatic rings. The smallest absolute Gasteiger partial charge is 0.373 e. The zero-order chi connectivity index (χ0) is 19.1. The van der Waals surface area contributed by atoms with Crippen LogP contribution < -0.4 is 0 Å². The number of aromatic nitrogens is 3. The van der Waals surface area contributed by atoms with Gasteiger partial charge in [0.2, 0.25) is 10.7 Å². The Hall–Kier alpha value is -1.94. The van der Waals surface area contributed by atoms with Gasteiger partial charge < -0.3 is 10.0 Å². The number of nitrogens with zero attached hydrogens (tertiary/aromatic N) is 4. The minimum Gasteiger partial charge on any atom is -0.373 e. The van der Waals surface area contributed by atoms with E-state index in [0.717, 1.165) is 20.6 Å². The lowest BCUT2D eigenvalue weighted by molar-refractivity contribution is -0.250. The van der Waals surface area contributed by atoms with Gasteiger partial charge in [0, 0.05) is 36.3 Å². The summed E-state index contributed by atoms with van der Waals surface area (Å²) in [6.45, 7) is 2.75. The van der Waals surface area contributed by atoms with Gasteiger partial charge in [-0.05, 0) is 32.8 Å². The van der Waals surface area contributed by atoms with Crippen molar-refractivity contribution in [3.8, 4) is 5.13 Å². The molecule has 1 atom stereocenters. The molecule has 0 spiro atoms. The minimum atomic E-state index is -5.00. The van der Waals surface area contributed by atoms with Gasteiger partial charge in [-0.15, -0.1) is 11.3 Å². The minimum absolute atomic E-state index is 0.0570. The van der Waals surface area contributed by atoms with Crippen molar-refractivity contribution in [1.82, 2.24) is 19.7 Å². The first-order chi connectivity index (χ1) is 12.1. The molecule has 2 aromatic heterocycles. The molecular formula is C16H19F3N4O2S. The van der Waals surface area contributed by atoms with Gasteiger partial charge >= 0.3 is 6.18 Å². The van der Waals surface area contributed by atoms with Crippen molar-refractivity contribution < 1.29 is 23.1 Å². The lowest BCUT2D eigenvalue weighted by atomic mass is 9.92. The highest BCUT2D eigenvalue weighted by atomic mass is 32.1. The summed E-state index contributed by atoms with van der Waals surface area (Å²) in [7, 11) is 0. The highest BCUT2D eigenvalue weighted by Crippen LogP contribution is 2.35. The Morgan fingerprint density at radius 1 is 1.35 bits per heavy atom. The molecule has 0 radical (unpaired) electrons. The summed E-state index contributed by atoms with van der Waals surface area (Å²) in [5.74, 6) is -1.24. The largest absolute Gasteiger partial charge is 0.426 e. The first kappa shape index (κ1) is 18.8. The topological polar surface area (TPSA) is 71.2 Å². The zero-order valence-corrected chi connectivity index (χ0v) is 15.1. The van der Waals surface area contributed by atoms with Gasteiger partial charge in [-0.1, -0.05) is 0 Å². The number of rotatable bonds is 3. The number of aryl methyl sites for hydroxylation is 1. The van der Waals surface area contributed by atoms with E-state index in [1.165, 1.54) is 11.3 Å². The molecule has 3 rings (SSSR count). The predicted octanol–water partition coefficient (Wildman–Crippen LogP) is 2.66. The average Bonchev–Trinajstić information content (AvgIpc) is 3.21. The quantitative estimate of drug-likeness (QED) is 0.878. The molecule has 1 saturated heterocycles. The molecule has 0 aromatic carbocycles. The molecule has 10 heteroatoms. The lowest BCUT2D eigenvalue weighted by Gasteiger charge is -2.36. The second-order valence-corrected chi connectivity index (χ2v) is 7.77. The van der Waals surface area contributed by atoms with Crippen LogP contribution in [-0.4, -0.2) is 55.5 Å². The number of carbonyl (C=O) groups excluding carboxylic acids is 1. The van der Waals surface area contributed by atoms with Gasteiger partial charge in [0.25, 0.3) is 5.91 Å². The van der Waals surface area contributed by atoms with E-state index in [1.807, 2.05) is 13.0 Å². The summed E-state index contributed by atoms with van der Waals surface area (Å²) in [4.78, 5) is 18.5. The number of carbonyl (C=O) groups is 1. The van der Waals surface area contributed by atoms with E-state index in [0.29, 0.717) is 19.8 Å². The van der Waals surface area contributed by atoms with Crippen molar-refractivity contribution in [3.63, 3.8) is 0 Å². The van der Waals surface area contributed by atoms with Crippen LogP contribution in [0.4, 0.5) is 13.2 Å². The molecule has 2 aromatic rings. The first-order valence-corrected chi connectivity index (χ1v) is 8.98. The second kappa shape index (κ2) is 6.66. The van der Waals surface area contributed by atoms with Gasteiger partial charge in [0.1, 0.15) is 0 Å². The van der Waals surface area contributed by atoms with Crippen LogP contribution in [0.2, 0.25) is 0 Å². The van der Waals surface area contributed by atoms with Crippen LogP contribution in [0, 0.1) is 6.92 Å². The molecule has 1 aliphatic heterocycles. The highest BCUT2D eigenvalue weighted by molar-refractivity contribution is 7.13. The van der Waals surface area contributed by atoms with Crippen molar-refractivity contribution in [1.29, 1.82) is 0 Å². The third-order valence-corrected chi connectivity index (χ3v) is 5.52. The molecular weight excluding hydrogens is 369 g/mol. The normalized spacial score (nSPS) is 18.8. The molecule has 0 unspecified atom stereocenters. The molecule has 3 heterocycles. The molecule has 26 heavy (non-hydrogen) atoms. The number of aliphatic hydroxyl groups is 1. The van der Waals surface area contributed by atoms with Gasteiger partial charge in [-0.2, -0.15) is 18.3 Å². The third kappa shape index (κ3) is 3.35. The summed E-state index contributed by atoms with van der Waals surface area (Å²) in [5.41, 5.74) is -2.44. The number of hydrogen-bond donors (Lipinski definition) is 1. The maximum atomic E-state index is 12.9. The summed E-state index contributed by atoms with van der Waals surface area (Å²) in [6.07, 6.45) is -0.586. The van der Waals surface area contributed by atoms with E-state index in [4.69, 9.17) is 0 Å². The number of hydrogen-bond acceptors (Lipinski definition) is 5. The van der Waals surface area contributed by atoms with Crippen LogP contribution in [0.25, 0.3) is 5.13 Å². The molecule has 1 fully saturated rings. The van der Waals surface area contributed by atoms with Gasteiger partial charge in [0.05, 0.1) is 5.69 Å². The summed E-state index contributed by atoms with van der Waals surface area (Å²) in [6, 6.07) is 1.87. The van der Waals surface area contributed by atoms with Crippen LogP contribution in [-0.2, 0) is 4.79 Å². The van der Waals surface area contributed by atoms with Crippen molar-refractivity contribution in [2.24, 2.45) is 0 Å². The van der Waals surface area contributed by atoms with Gasteiger partial charge in [-0.3, -0.25) is 4.79 Å². The van der Waals surface area contributed by atoms with Crippen molar-refractivity contribution >= 4 is 17.2 Å². The van der Waals surface area contributed by atoms with Crippen LogP contribution in [0.15, 0.2) is 18.5 Å². The maximum absolute atomic E-state index is 12.9. The van der Waals surface area contributed by atoms with Crippen LogP contribution in [0.3, 0.4) is 0 Å². The van der Waals surface area contributed by atoms with E-state index in [1.54, 1.807) is 17.1 Å². The molecule has 142 valence electrons. The first-order valence-electron chi connectivity index (χ1n) is 8.16. The third-order valence-electron chi connectivity index (χ3n) is 4.63. The number of likely N-dealkylation sites (tertiary alicyclic amines) is 1. The Labute approximate surface area is 152 Å². The zero-order valence-electron chi connectivity index (χ0n) is 14.3. The molecule has 0 bridgehead atoms. The van der Waals surface area contributed by atoms with Gasteiger partial charge in [-0.25, -0.2) is 9.67 Å². The van der Waals surface area contributed by atoms with E-state index >= 15 is 0 Å². The Kier molecular flexibility index (Phi) is 4.82. The van der Waals surface area contributed by atoms with Crippen LogP contribution in [0.5, 0.6) is 0 Å². The van der Waals surface area contributed by atoms with Gasteiger partial charge in [0.15, 0.2) is 0 Å². The molecule has 0 saturated carbocycles. The second-order valence-electron chi connectivity index (χ2n) is 6.56. The number of alkyl halides is 3. The Morgan fingerprint density at radius 2 is 2.00 bits per heavy atom. The molecule has 0 aliphatic carbocycles. The van der Waals surface area contributed by atoms with E-state index in [9.17, 15) is 23.1 Å². The fraction of sp³-hybridized carbons (Fsp3) is 0.562. The number of thiazole rings is 1. The van der Waals surface area contributed by atoms with Crippen LogP contribution in [0.1, 0.15) is 36.3 Å². The molecule has 1 N–H and O–H groups in total. The molecule has 6 nitrogen and oxygen atoms in total. The number of piperidine rings is 1. The van der Waals surface area contributed by atoms with Crippen molar-refractivity contribution in [3.05, 3.63) is 29.0 Å². The maximum Gasteiger partial charge on any atom is 0.426 e. The van der Waals surface area contributed by atoms with Crippen molar-refractivity contribution in [2.45, 2.75) is 44.4 Å². The van der Waals surface area contributed by atoms with Crippen LogP contribution >= 0.6 is 11.3 Å².